The first-order chi connectivity index (χ1) is 7.31. The van der Waals surface area contributed by atoms with Gasteiger partial charge in [-0.2, -0.15) is 0 Å². The Morgan fingerprint density at radius 3 is 2.67 bits per heavy atom. The van der Waals surface area contributed by atoms with Crippen molar-refractivity contribution in [3.05, 3.63) is 24.3 Å². The maximum absolute atomic E-state index is 5.79. The van der Waals surface area contributed by atoms with Gasteiger partial charge in [0.05, 0.1) is 6.54 Å². The molecule has 1 fully saturated rings. The van der Waals surface area contributed by atoms with Crippen molar-refractivity contribution in [3.8, 4) is 0 Å². The molecule has 0 aliphatic heterocycles. The summed E-state index contributed by atoms with van der Waals surface area (Å²) < 4.78 is 0. The van der Waals surface area contributed by atoms with Crippen LogP contribution < -0.4 is 5.73 Å². The third kappa shape index (κ3) is 2.73. The van der Waals surface area contributed by atoms with E-state index in [-0.39, 0.29) is 0 Å². The second kappa shape index (κ2) is 4.68. The minimum Gasteiger partial charge on any atom is -0.329 e. The normalized spacial score (nSPS) is 18.1. The molecule has 1 aliphatic rings. The van der Waals surface area contributed by atoms with Gasteiger partial charge < -0.3 is 5.73 Å². The van der Waals surface area contributed by atoms with Gasteiger partial charge in [-0.25, -0.2) is 9.97 Å². The number of aromatic nitrogens is 2. The summed E-state index contributed by atoms with van der Waals surface area (Å²) in [5, 5.41) is 0. The molecule has 1 aromatic heterocycles. The van der Waals surface area contributed by atoms with Crippen LogP contribution in [0.5, 0.6) is 0 Å². The number of rotatable bonds is 5. The number of nitrogens with zero attached hydrogens (tertiary/aromatic N) is 3. The zero-order valence-corrected chi connectivity index (χ0v) is 9.13. The molecule has 1 heterocycles. The summed E-state index contributed by atoms with van der Waals surface area (Å²) in [6.45, 7) is 1.52. The summed E-state index contributed by atoms with van der Waals surface area (Å²) in [6.07, 6.45) is 6.21. The quantitative estimate of drug-likeness (QED) is 0.768. The van der Waals surface area contributed by atoms with Crippen molar-refractivity contribution >= 4 is 0 Å². The van der Waals surface area contributed by atoms with E-state index in [4.69, 9.17) is 5.73 Å². The Bertz CT molecular complexity index is 297. The van der Waals surface area contributed by atoms with E-state index in [0.717, 1.165) is 24.8 Å². The second-order valence-corrected chi connectivity index (χ2v) is 4.22. The lowest BCUT2D eigenvalue weighted by Crippen LogP contribution is -2.39. The third-order valence-corrected chi connectivity index (χ3v) is 2.98. The fraction of sp³-hybridized carbons (Fsp3) is 0.636. The maximum atomic E-state index is 5.79. The summed E-state index contributed by atoms with van der Waals surface area (Å²) in [7, 11) is 2.10. The molecule has 4 heteroatoms. The van der Waals surface area contributed by atoms with Gasteiger partial charge in [-0.15, -0.1) is 0 Å². The predicted molar refractivity (Wildman–Crippen MR) is 59.1 cm³/mol. The molecule has 0 spiro atoms. The van der Waals surface area contributed by atoms with Crippen molar-refractivity contribution in [2.24, 2.45) is 11.7 Å². The van der Waals surface area contributed by atoms with Gasteiger partial charge in [-0.05, 0) is 31.9 Å². The Morgan fingerprint density at radius 1 is 1.47 bits per heavy atom. The minimum absolute atomic E-state index is 0.494. The van der Waals surface area contributed by atoms with E-state index in [1.165, 1.54) is 12.8 Å². The number of hydrogen-bond acceptors (Lipinski definition) is 4. The standard InChI is InChI=1S/C11H18N4/c1-15(10(7-12)9-3-4-9)8-11-13-5-2-6-14-11/h2,5-6,9-10H,3-4,7-8,12H2,1H3. The fourth-order valence-electron chi connectivity index (χ4n) is 1.97. The van der Waals surface area contributed by atoms with Crippen LogP contribution in [0.1, 0.15) is 18.7 Å². The van der Waals surface area contributed by atoms with Crippen molar-refractivity contribution in [3.63, 3.8) is 0 Å². The SMILES string of the molecule is CN(Cc1ncccn1)C(CN)C1CC1. The molecule has 15 heavy (non-hydrogen) atoms. The van der Waals surface area contributed by atoms with Gasteiger partial charge in [0.15, 0.2) is 0 Å². The molecule has 82 valence electrons. The van der Waals surface area contributed by atoms with Crippen molar-refractivity contribution in [1.82, 2.24) is 14.9 Å². The summed E-state index contributed by atoms with van der Waals surface area (Å²) in [5.41, 5.74) is 5.79. The smallest absolute Gasteiger partial charge is 0.142 e. The molecule has 1 unspecified atom stereocenters. The van der Waals surface area contributed by atoms with E-state index >= 15 is 0 Å². The first kappa shape index (κ1) is 10.5. The molecule has 4 nitrogen and oxygen atoms in total. The Balaban J connectivity index is 1.93. The molecular weight excluding hydrogens is 188 g/mol. The summed E-state index contributed by atoms with van der Waals surface area (Å²) in [5.74, 6) is 1.67. The van der Waals surface area contributed by atoms with Crippen LogP contribution in [0.4, 0.5) is 0 Å². The van der Waals surface area contributed by atoms with Crippen LogP contribution in [-0.2, 0) is 6.54 Å². The zero-order valence-electron chi connectivity index (χ0n) is 9.13. The van der Waals surface area contributed by atoms with Crippen LogP contribution in [0.15, 0.2) is 18.5 Å². The topological polar surface area (TPSA) is 55.0 Å². The monoisotopic (exact) mass is 206 g/mol. The maximum Gasteiger partial charge on any atom is 0.142 e. The van der Waals surface area contributed by atoms with Gasteiger partial charge in [0.1, 0.15) is 5.82 Å². The lowest BCUT2D eigenvalue weighted by molar-refractivity contribution is 0.210. The molecule has 0 aromatic carbocycles. The van der Waals surface area contributed by atoms with E-state index in [9.17, 15) is 0 Å². The molecule has 1 aromatic rings. The predicted octanol–water partition coefficient (Wildman–Crippen LogP) is 0.646. The average Bonchev–Trinajstić information content (AvgIpc) is 3.04. The third-order valence-electron chi connectivity index (χ3n) is 2.98. The summed E-state index contributed by atoms with van der Waals surface area (Å²) in [6, 6.07) is 2.33. The van der Waals surface area contributed by atoms with Crippen molar-refractivity contribution in [2.75, 3.05) is 13.6 Å². The molecule has 1 atom stereocenters. The van der Waals surface area contributed by atoms with Crippen molar-refractivity contribution in [2.45, 2.75) is 25.4 Å². The van der Waals surface area contributed by atoms with Gasteiger partial charge in [0.2, 0.25) is 0 Å². The van der Waals surface area contributed by atoms with Gasteiger partial charge >= 0.3 is 0 Å². The van der Waals surface area contributed by atoms with E-state index in [0.29, 0.717) is 6.04 Å². The van der Waals surface area contributed by atoms with Crippen LogP contribution in [-0.4, -0.2) is 34.5 Å². The fourth-order valence-corrected chi connectivity index (χ4v) is 1.97. The number of hydrogen-bond donors (Lipinski definition) is 1. The van der Waals surface area contributed by atoms with E-state index in [2.05, 4.69) is 21.9 Å². The van der Waals surface area contributed by atoms with Gasteiger partial charge in [0.25, 0.3) is 0 Å². The Labute approximate surface area is 90.5 Å². The van der Waals surface area contributed by atoms with Gasteiger partial charge in [-0.3, -0.25) is 4.90 Å². The summed E-state index contributed by atoms with van der Waals surface area (Å²) >= 11 is 0. The second-order valence-electron chi connectivity index (χ2n) is 4.22. The lowest BCUT2D eigenvalue weighted by atomic mass is 10.1. The van der Waals surface area contributed by atoms with Crippen molar-refractivity contribution < 1.29 is 0 Å². The lowest BCUT2D eigenvalue weighted by Gasteiger charge is -2.25. The van der Waals surface area contributed by atoms with Crippen molar-refractivity contribution in [1.29, 1.82) is 0 Å². The van der Waals surface area contributed by atoms with Crippen LogP contribution in [0.2, 0.25) is 0 Å². The van der Waals surface area contributed by atoms with Crippen LogP contribution in [0, 0.1) is 5.92 Å². The largest absolute Gasteiger partial charge is 0.329 e. The van der Waals surface area contributed by atoms with E-state index < -0.39 is 0 Å². The molecule has 1 saturated carbocycles. The van der Waals surface area contributed by atoms with E-state index in [1.54, 1.807) is 12.4 Å². The molecule has 2 rings (SSSR count). The Kier molecular flexibility index (Phi) is 3.28. The average molecular weight is 206 g/mol. The molecule has 0 radical (unpaired) electrons. The highest BCUT2D eigenvalue weighted by Gasteiger charge is 2.32. The number of likely N-dealkylation sites (N-methyl/N-ethyl adjacent to an activating group) is 1. The Hall–Kier alpha value is -1.00. The molecule has 0 saturated heterocycles. The Morgan fingerprint density at radius 2 is 2.13 bits per heavy atom. The van der Waals surface area contributed by atoms with E-state index in [1.807, 2.05) is 6.07 Å². The van der Waals surface area contributed by atoms with Crippen LogP contribution in [0.25, 0.3) is 0 Å². The molecule has 0 bridgehead atoms. The first-order valence-electron chi connectivity index (χ1n) is 5.47. The van der Waals surface area contributed by atoms with Crippen LogP contribution in [0.3, 0.4) is 0 Å². The highest BCUT2D eigenvalue weighted by atomic mass is 15.2. The van der Waals surface area contributed by atoms with Crippen LogP contribution >= 0.6 is 0 Å². The van der Waals surface area contributed by atoms with Gasteiger partial charge in [-0.1, -0.05) is 0 Å². The molecule has 1 aliphatic carbocycles. The van der Waals surface area contributed by atoms with Gasteiger partial charge in [0, 0.05) is 25.0 Å². The highest BCUT2D eigenvalue weighted by Crippen LogP contribution is 2.34. The highest BCUT2D eigenvalue weighted by molar-refractivity contribution is 4.92. The molecular formula is C11H18N4. The number of nitrogens with two attached hydrogens (primary N) is 1. The molecule has 0 amide bonds. The first-order valence-corrected chi connectivity index (χ1v) is 5.47. The summed E-state index contributed by atoms with van der Waals surface area (Å²) in [4.78, 5) is 10.7. The zero-order chi connectivity index (χ0) is 10.7. The minimum atomic E-state index is 0.494. The molecule has 2 N–H and O–H groups in total.